The first-order chi connectivity index (χ1) is 16.0. The van der Waals surface area contributed by atoms with Crippen molar-refractivity contribution in [3.05, 3.63) is 105 Å². The second-order valence-corrected chi connectivity index (χ2v) is 9.65. The van der Waals surface area contributed by atoms with E-state index in [4.69, 9.17) is 0 Å². The summed E-state index contributed by atoms with van der Waals surface area (Å²) in [6.45, 7) is 3.74. The van der Waals surface area contributed by atoms with Gasteiger partial charge in [-0.05, 0) is 43.7 Å². The first-order valence-corrected chi connectivity index (χ1v) is 12.1. The molecule has 10 heteroatoms. The van der Waals surface area contributed by atoms with Crippen LogP contribution in [0.15, 0.2) is 77.9 Å². The Balaban J connectivity index is 1.74. The average Bonchev–Trinajstić information content (AvgIpc) is 2.81. The number of nitro benzene ring substituents is 1. The molecule has 0 spiro atoms. The van der Waals surface area contributed by atoms with Gasteiger partial charge in [0, 0.05) is 23.3 Å². The van der Waals surface area contributed by atoms with E-state index >= 15 is 0 Å². The SMILES string of the molecule is C/C(=N/NC(=O)c1ccc(N(Cc2ccc(C)cc2)S(C)(=O)=O)cc1)c1cccc([N+](=O)[O-])c1. The summed E-state index contributed by atoms with van der Waals surface area (Å²) in [7, 11) is -3.56. The normalized spacial score (nSPS) is 11.7. The highest BCUT2D eigenvalue weighted by molar-refractivity contribution is 7.92. The lowest BCUT2D eigenvalue weighted by Gasteiger charge is -2.22. The second kappa shape index (κ2) is 10.3. The Morgan fingerprint density at radius 2 is 1.68 bits per heavy atom. The first kappa shape index (κ1) is 24.6. The number of rotatable bonds is 8. The molecule has 0 bridgehead atoms. The molecule has 0 atom stereocenters. The molecule has 0 unspecified atom stereocenters. The van der Waals surface area contributed by atoms with Crippen molar-refractivity contribution < 1.29 is 18.1 Å². The molecule has 3 rings (SSSR count). The number of sulfonamides is 1. The van der Waals surface area contributed by atoms with Crippen molar-refractivity contribution in [2.24, 2.45) is 5.10 Å². The smallest absolute Gasteiger partial charge is 0.267 e. The number of anilines is 1. The standard InChI is InChI=1S/C24H24N4O5S/c1-17-7-9-19(10-8-17)16-27(34(3,32)33)22-13-11-20(12-14-22)24(29)26-25-18(2)21-5-4-6-23(15-21)28(30)31/h4-15H,16H2,1-3H3,(H,26,29)/b25-18-. The third-order valence-electron chi connectivity index (χ3n) is 5.06. The Morgan fingerprint density at radius 1 is 1.03 bits per heavy atom. The summed E-state index contributed by atoms with van der Waals surface area (Å²) in [4.78, 5) is 22.9. The van der Waals surface area contributed by atoms with Crippen LogP contribution in [0.2, 0.25) is 0 Å². The Morgan fingerprint density at radius 3 is 2.26 bits per heavy atom. The van der Waals surface area contributed by atoms with Gasteiger partial charge >= 0.3 is 0 Å². The van der Waals surface area contributed by atoms with E-state index in [1.54, 1.807) is 25.1 Å². The van der Waals surface area contributed by atoms with Crippen molar-refractivity contribution in [2.75, 3.05) is 10.6 Å². The van der Waals surface area contributed by atoms with Gasteiger partial charge in [0.05, 0.1) is 29.1 Å². The Kier molecular flexibility index (Phi) is 7.42. The number of nitrogens with zero attached hydrogens (tertiary/aromatic N) is 3. The molecule has 0 aliphatic rings. The maximum atomic E-state index is 12.5. The fourth-order valence-corrected chi connectivity index (χ4v) is 4.03. The number of benzene rings is 3. The molecule has 0 aliphatic heterocycles. The molecular weight excluding hydrogens is 456 g/mol. The van der Waals surface area contributed by atoms with Crippen LogP contribution in [0.5, 0.6) is 0 Å². The second-order valence-electron chi connectivity index (χ2n) is 7.75. The molecule has 0 aromatic heterocycles. The molecule has 3 aromatic carbocycles. The predicted octanol–water partition coefficient (Wildman–Crippen LogP) is 4.02. The molecule has 0 fully saturated rings. The van der Waals surface area contributed by atoms with Gasteiger partial charge in [-0.3, -0.25) is 19.2 Å². The lowest BCUT2D eigenvalue weighted by molar-refractivity contribution is -0.384. The third-order valence-corrected chi connectivity index (χ3v) is 6.21. The Labute approximate surface area is 197 Å². The number of nitrogens with one attached hydrogen (secondary N) is 1. The highest BCUT2D eigenvalue weighted by atomic mass is 32.2. The van der Waals surface area contributed by atoms with Crippen LogP contribution < -0.4 is 9.73 Å². The van der Waals surface area contributed by atoms with Crippen molar-refractivity contribution >= 4 is 33.0 Å². The minimum Gasteiger partial charge on any atom is -0.267 e. The molecule has 34 heavy (non-hydrogen) atoms. The number of hydrogen-bond donors (Lipinski definition) is 1. The summed E-state index contributed by atoms with van der Waals surface area (Å²) in [5.41, 5.74) is 5.87. The zero-order valence-corrected chi connectivity index (χ0v) is 19.7. The van der Waals surface area contributed by atoms with Crippen LogP contribution in [0.4, 0.5) is 11.4 Å². The molecule has 0 heterocycles. The van der Waals surface area contributed by atoms with Gasteiger partial charge in [-0.15, -0.1) is 0 Å². The molecule has 0 saturated heterocycles. The van der Waals surface area contributed by atoms with E-state index in [0.717, 1.165) is 17.4 Å². The predicted molar refractivity (Wildman–Crippen MR) is 131 cm³/mol. The van der Waals surface area contributed by atoms with Crippen molar-refractivity contribution in [1.29, 1.82) is 0 Å². The van der Waals surface area contributed by atoms with E-state index in [1.165, 1.54) is 34.6 Å². The number of non-ortho nitro benzene ring substituents is 1. The van der Waals surface area contributed by atoms with E-state index in [0.29, 0.717) is 17.0 Å². The molecule has 176 valence electrons. The van der Waals surface area contributed by atoms with Gasteiger partial charge in [0.15, 0.2) is 0 Å². The average molecular weight is 481 g/mol. The number of carbonyl (C=O) groups is 1. The highest BCUT2D eigenvalue weighted by Gasteiger charge is 2.18. The number of amides is 1. The Hall–Kier alpha value is -4.05. The summed E-state index contributed by atoms with van der Waals surface area (Å²) in [5.74, 6) is -0.499. The zero-order chi connectivity index (χ0) is 24.9. The zero-order valence-electron chi connectivity index (χ0n) is 18.9. The molecule has 0 saturated carbocycles. The van der Waals surface area contributed by atoms with Crippen LogP contribution in [0, 0.1) is 17.0 Å². The van der Waals surface area contributed by atoms with Crippen LogP contribution in [-0.2, 0) is 16.6 Å². The molecule has 0 aliphatic carbocycles. The van der Waals surface area contributed by atoms with Gasteiger partial charge in [-0.25, -0.2) is 13.8 Å². The number of nitro groups is 1. The minimum atomic E-state index is -3.56. The van der Waals surface area contributed by atoms with Crippen molar-refractivity contribution in [3.63, 3.8) is 0 Å². The maximum Gasteiger partial charge on any atom is 0.271 e. The largest absolute Gasteiger partial charge is 0.271 e. The van der Waals surface area contributed by atoms with Crippen molar-refractivity contribution in [3.8, 4) is 0 Å². The number of aryl methyl sites for hydroxylation is 1. The molecule has 0 radical (unpaired) electrons. The topological polar surface area (TPSA) is 122 Å². The number of carbonyl (C=O) groups excluding carboxylic acids is 1. The fourth-order valence-electron chi connectivity index (χ4n) is 3.15. The molecule has 9 nitrogen and oxygen atoms in total. The molecule has 1 amide bonds. The van der Waals surface area contributed by atoms with Gasteiger partial charge in [0.25, 0.3) is 11.6 Å². The van der Waals surface area contributed by atoms with Gasteiger partial charge in [-0.1, -0.05) is 42.0 Å². The van der Waals surface area contributed by atoms with Gasteiger partial charge in [-0.2, -0.15) is 5.10 Å². The number of hydrazone groups is 1. The fraction of sp³-hybridized carbons (Fsp3) is 0.167. The lowest BCUT2D eigenvalue weighted by atomic mass is 10.1. The highest BCUT2D eigenvalue weighted by Crippen LogP contribution is 2.22. The van der Waals surface area contributed by atoms with Gasteiger partial charge in [0.2, 0.25) is 10.0 Å². The quantitative estimate of drug-likeness (QED) is 0.296. The van der Waals surface area contributed by atoms with Crippen LogP contribution in [0.3, 0.4) is 0 Å². The monoisotopic (exact) mass is 480 g/mol. The minimum absolute atomic E-state index is 0.0740. The third kappa shape index (κ3) is 6.26. The van der Waals surface area contributed by atoms with E-state index < -0.39 is 20.9 Å². The van der Waals surface area contributed by atoms with E-state index in [-0.39, 0.29) is 17.8 Å². The van der Waals surface area contributed by atoms with Gasteiger partial charge in [0.1, 0.15) is 0 Å². The maximum absolute atomic E-state index is 12.5. The van der Waals surface area contributed by atoms with Crippen LogP contribution in [0.1, 0.15) is 34.0 Å². The summed E-state index contributed by atoms with van der Waals surface area (Å²) in [6, 6.07) is 19.6. The molecular formula is C24H24N4O5S. The van der Waals surface area contributed by atoms with E-state index in [9.17, 15) is 23.3 Å². The molecule has 3 aromatic rings. The first-order valence-electron chi connectivity index (χ1n) is 10.3. The Bertz CT molecular complexity index is 1330. The summed E-state index contributed by atoms with van der Waals surface area (Å²) >= 11 is 0. The summed E-state index contributed by atoms with van der Waals surface area (Å²) < 4.78 is 26.0. The van der Waals surface area contributed by atoms with E-state index in [1.807, 2.05) is 31.2 Å². The van der Waals surface area contributed by atoms with E-state index in [2.05, 4.69) is 10.5 Å². The van der Waals surface area contributed by atoms with Crippen molar-refractivity contribution in [1.82, 2.24) is 5.43 Å². The number of hydrogen-bond acceptors (Lipinski definition) is 6. The van der Waals surface area contributed by atoms with Gasteiger partial charge < -0.3 is 0 Å². The van der Waals surface area contributed by atoms with Crippen LogP contribution in [0.25, 0.3) is 0 Å². The van der Waals surface area contributed by atoms with Crippen LogP contribution in [-0.4, -0.2) is 31.2 Å². The molecule has 1 N–H and O–H groups in total. The lowest BCUT2D eigenvalue weighted by Crippen LogP contribution is -2.29. The van der Waals surface area contributed by atoms with Crippen LogP contribution >= 0.6 is 0 Å². The summed E-state index contributed by atoms with van der Waals surface area (Å²) in [5, 5.41) is 15.0. The summed E-state index contributed by atoms with van der Waals surface area (Å²) in [6.07, 6.45) is 1.13. The van der Waals surface area contributed by atoms with Crippen molar-refractivity contribution in [2.45, 2.75) is 20.4 Å².